The van der Waals surface area contributed by atoms with Gasteiger partial charge in [0.2, 0.25) is 5.82 Å². The molecule has 1 rings (SSSR count). The lowest BCUT2D eigenvalue weighted by molar-refractivity contribution is -0.384. The number of halogens is 1. The van der Waals surface area contributed by atoms with Crippen molar-refractivity contribution in [1.29, 1.82) is 0 Å². The van der Waals surface area contributed by atoms with Crippen LogP contribution >= 0.6 is 11.6 Å². The summed E-state index contributed by atoms with van der Waals surface area (Å²) < 4.78 is 0. The predicted octanol–water partition coefficient (Wildman–Crippen LogP) is 4.41. The minimum atomic E-state index is -0.436. The number of anilines is 1. The van der Waals surface area contributed by atoms with E-state index in [1.165, 1.54) is 12.1 Å². The molecule has 1 heterocycles. The molecular weight excluding hydrogens is 266 g/mol. The maximum atomic E-state index is 11.0. The number of nitrogens with zero attached hydrogens (tertiary/aromatic N) is 2. The second kappa shape index (κ2) is 7.94. The van der Waals surface area contributed by atoms with Crippen LogP contribution in [-0.4, -0.2) is 15.9 Å². The van der Waals surface area contributed by atoms with E-state index < -0.39 is 4.92 Å². The zero-order valence-electron chi connectivity index (χ0n) is 11.4. The Labute approximate surface area is 118 Å². The minimum absolute atomic E-state index is 0.0259. The first-order chi connectivity index (χ1) is 9.08. The first kappa shape index (κ1) is 15.7. The van der Waals surface area contributed by atoms with Crippen LogP contribution in [0.4, 0.5) is 11.5 Å². The minimum Gasteiger partial charge on any atom is -0.362 e. The van der Waals surface area contributed by atoms with Gasteiger partial charge in [0.1, 0.15) is 5.15 Å². The monoisotopic (exact) mass is 285 g/mol. The molecule has 0 aromatic carbocycles. The fraction of sp³-hybridized carbons (Fsp3) is 0.615. The van der Waals surface area contributed by atoms with E-state index >= 15 is 0 Å². The Hall–Kier alpha value is -1.36. The molecule has 1 unspecified atom stereocenters. The molecule has 1 atom stereocenters. The maximum absolute atomic E-state index is 11.0. The lowest BCUT2D eigenvalue weighted by Gasteiger charge is -2.18. The van der Waals surface area contributed by atoms with Gasteiger partial charge in [0.25, 0.3) is 0 Å². The standard InChI is InChI=1S/C13H20ClN3O2/c1-3-5-7-10(6-4-2)15-13-11(17(18)19)8-9-12(14)16-13/h8-10H,3-7H2,1-2H3,(H,15,16). The molecule has 5 nitrogen and oxygen atoms in total. The number of unbranched alkanes of at least 4 members (excludes halogenated alkanes) is 1. The summed E-state index contributed by atoms with van der Waals surface area (Å²) in [7, 11) is 0. The van der Waals surface area contributed by atoms with Crippen molar-refractivity contribution in [3.63, 3.8) is 0 Å². The summed E-state index contributed by atoms with van der Waals surface area (Å²) in [5, 5.41) is 14.4. The Morgan fingerprint density at radius 1 is 1.37 bits per heavy atom. The fourth-order valence-corrected chi connectivity index (χ4v) is 2.11. The van der Waals surface area contributed by atoms with E-state index in [-0.39, 0.29) is 22.7 Å². The first-order valence-corrected chi connectivity index (χ1v) is 7.03. The summed E-state index contributed by atoms with van der Waals surface area (Å²) in [6, 6.07) is 3.03. The number of rotatable bonds is 8. The SMILES string of the molecule is CCCCC(CCC)Nc1nc(Cl)ccc1[N+](=O)[O-]. The van der Waals surface area contributed by atoms with Crippen molar-refractivity contribution in [2.45, 2.75) is 52.0 Å². The van der Waals surface area contributed by atoms with E-state index in [0.717, 1.165) is 32.1 Å². The Morgan fingerprint density at radius 3 is 2.68 bits per heavy atom. The van der Waals surface area contributed by atoms with Crippen LogP contribution in [0.2, 0.25) is 5.15 Å². The summed E-state index contributed by atoms with van der Waals surface area (Å²) in [6.45, 7) is 4.23. The second-order valence-electron chi connectivity index (χ2n) is 4.53. The molecule has 1 aromatic rings. The highest BCUT2D eigenvalue weighted by atomic mass is 35.5. The van der Waals surface area contributed by atoms with Crippen LogP contribution in [0.15, 0.2) is 12.1 Å². The summed E-state index contributed by atoms with van der Waals surface area (Å²) in [5.41, 5.74) is -0.0259. The van der Waals surface area contributed by atoms with E-state index in [1.54, 1.807) is 0 Å². The molecule has 0 fully saturated rings. The number of nitro groups is 1. The fourth-order valence-electron chi connectivity index (χ4n) is 1.96. The van der Waals surface area contributed by atoms with Gasteiger partial charge < -0.3 is 5.32 Å². The van der Waals surface area contributed by atoms with E-state index in [2.05, 4.69) is 24.1 Å². The van der Waals surface area contributed by atoms with Gasteiger partial charge >= 0.3 is 5.69 Å². The van der Waals surface area contributed by atoms with E-state index in [4.69, 9.17) is 11.6 Å². The zero-order chi connectivity index (χ0) is 14.3. The largest absolute Gasteiger partial charge is 0.362 e. The van der Waals surface area contributed by atoms with Gasteiger partial charge in [0, 0.05) is 12.1 Å². The molecule has 0 bridgehead atoms. The van der Waals surface area contributed by atoms with Crippen LogP contribution < -0.4 is 5.32 Å². The zero-order valence-corrected chi connectivity index (χ0v) is 12.1. The molecule has 6 heteroatoms. The molecule has 1 N–H and O–H groups in total. The van der Waals surface area contributed by atoms with E-state index in [9.17, 15) is 10.1 Å². The van der Waals surface area contributed by atoms with E-state index in [1.807, 2.05) is 0 Å². The summed E-state index contributed by atoms with van der Waals surface area (Å²) >= 11 is 5.81. The van der Waals surface area contributed by atoms with Crippen LogP contribution in [-0.2, 0) is 0 Å². The third kappa shape index (κ3) is 5.03. The average Bonchev–Trinajstić information content (AvgIpc) is 2.36. The highest BCUT2D eigenvalue weighted by Crippen LogP contribution is 2.26. The summed E-state index contributed by atoms with van der Waals surface area (Å²) in [4.78, 5) is 14.6. The molecule has 0 saturated heterocycles. The van der Waals surface area contributed by atoms with Crippen molar-refractivity contribution >= 4 is 23.1 Å². The normalized spacial score (nSPS) is 12.2. The van der Waals surface area contributed by atoms with Crippen LogP contribution in [0.25, 0.3) is 0 Å². The van der Waals surface area contributed by atoms with Gasteiger partial charge in [-0.3, -0.25) is 10.1 Å². The van der Waals surface area contributed by atoms with Crippen molar-refractivity contribution in [1.82, 2.24) is 4.98 Å². The number of nitrogens with one attached hydrogen (secondary N) is 1. The van der Waals surface area contributed by atoms with Gasteiger partial charge in [-0.05, 0) is 18.9 Å². The third-order valence-corrected chi connectivity index (χ3v) is 3.13. The van der Waals surface area contributed by atoms with Gasteiger partial charge in [-0.25, -0.2) is 4.98 Å². The Balaban J connectivity index is 2.87. The topological polar surface area (TPSA) is 68.1 Å². The average molecular weight is 286 g/mol. The summed E-state index contributed by atoms with van der Waals surface area (Å²) in [6.07, 6.45) is 5.16. The van der Waals surface area contributed by atoms with Gasteiger partial charge in [0.15, 0.2) is 0 Å². The molecular formula is C13H20ClN3O2. The number of aromatic nitrogens is 1. The smallest absolute Gasteiger partial charge is 0.311 e. The lowest BCUT2D eigenvalue weighted by Crippen LogP contribution is -2.20. The lowest BCUT2D eigenvalue weighted by atomic mass is 10.1. The molecule has 0 aliphatic heterocycles. The quantitative estimate of drug-likeness (QED) is 0.436. The highest BCUT2D eigenvalue weighted by molar-refractivity contribution is 6.29. The molecule has 106 valence electrons. The predicted molar refractivity (Wildman–Crippen MR) is 77.7 cm³/mol. The number of hydrogen-bond donors (Lipinski definition) is 1. The van der Waals surface area contributed by atoms with E-state index in [0.29, 0.717) is 0 Å². The number of hydrogen-bond acceptors (Lipinski definition) is 4. The molecule has 0 spiro atoms. The molecule has 0 aliphatic rings. The van der Waals surface area contributed by atoms with Crippen LogP contribution in [0.3, 0.4) is 0 Å². The maximum Gasteiger partial charge on any atom is 0.311 e. The molecule has 1 aromatic heterocycles. The molecule has 0 saturated carbocycles. The van der Waals surface area contributed by atoms with Crippen LogP contribution in [0.1, 0.15) is 46.0 Å². The Bertz CT molecular complexity index is 426. The molecule has 0 aliphatic carbocycles. The second-order valence-corrected chi connectivity index (χ2v) is 4.92. The van der Waals surface area contributed by atoms with Gasteiger partial charge in [-0.1, -0.05) is 44.7 Å². The van der Waals surface area contributed by atoms with Crippen molar-refractivity contribution in [3.05, 3.63) is 27.4 Å². The molecule has 19 heavy (non-hydrogen) atoms. The molecule has 0 amide bonds. The number of pyridine rings is 1. The van der Waals surface area contributed by atoms with Crippen molar-refractivity contribution in [2.24, 2.45) is 0 Å². The summed E-state index contributed by atoms with van der Waals surface area (Å²) in [5.74, 6) is 0.270. The molecule has 0 radical (unpaired) electrons. The van der Waals surface area contributed by atoms with Gasteiger partial charge in [-0.2, -0.15) is 0 Å². The highest BCUT2D eigenvalue weighted by Gasteiger charge is 2.18. The third-order valence-electron chi connectivity index (χ3n) is 2.92. The Kier molecular flexibility index (Phi) is 6.56. The van der Waals surface area contributed by atoms with Gasteiger partial charge in [-0.15, -0.1) is 0 Å². The van der Waals surface area contributed by atoms with Crippen LogP contribution in [0, 0.1) is 10.1 Å². The van der Waals surface area contributed by atoms with Crippen LogP contribution in [0.5, 0.6) is 0 Å². The van der Waals surface area contributed by atoms with Gasteiger partial charge in [0.05, 0.1) is 4.92 Å². The first-order valence-electron chi connectivity index (χ1n) is 6.66. The van der Waals surface area contributed by atoms with Crippen molar-refractivity contribution in [3.8, 4) is 0 Å². The van der Waals surface area contributed by atoms with Crippen molar-refractivity contribution in [2.75, 3.05) is 5.32 Å². The van der Waals surface area contributed by atoms with Crippen molar-refractivity contribution < 1.29 is 4.92 Å². The Morgan fingerprint density at radius 2 is 2.11 bits per heavy atom.